The lowest BCUT2D eigenvalue weighted by Crippen LogP contribution is -2.58. The largest absolute Gasteiger partial charge is 0.478 e. The Kier molecular flexibility index (Phi) is 4.25. The molecule has 1 unspecified atom stereocenters. The summed E-state index contributed by atoms with van der Waals surface area (Å²) < 4.78 is 0. The third kappa shape index (κ3) is 3.17. The first kappa shape index (κ1) is 15.8. The molecule has 0 aromatic heterocycles. The Morgan fingerprint density at radius 1 is 1.43 bits per heavy atom. The average molecular weight is 311 g/mol. The highest BCUT2D eigenvalue weighted by Gasteiger charge is 2.44. The minimum atomic E-state index is -0.953. The topological polar surface area (TPSA) is 60.8 Å². The fourth-order valence-corrected chi connectivity index (χ4v) is 3.53. The van der Waals surface area contributed by atoms with Gasteiger partial charge < -0.3 is 10.2 Å². The van der Waals surface area contributed by atoms with E-state index in [1.807, 2.05) is 0 Å². The number of rotatable bonds is 3. The van der Waals surface area contributed by atoms with Crippen molar-refractivity contribution in [1.29, 1.82) is 0 Å². The van der Waals surface area contributed by atoms with E-state index in [-0.39, 0.29) is 11.5 Å². The van der Waals surface area contributed by atoms with Crippen LogP contribution in [0.2, 0.25) is 0 Å². The van der Waals surface area contributed by atoms with Crippen molar-refractivity contribution < 1.29 is 15.0 Å². The predicted molar refractivity (Wildman–Crippen MR) is 88.3 cm³/mol. The molecule has 1 aromatic carbocycles. The quantitative estimate of drug-likeness (QED) is 0.661. The van der Waals surface area contributed by atoms with Crippen LogP contribution in [0.15, 0.2) is 30.9 Å². The molecule has 4 nitrogen and oxygen atoms in total. The Morgan fingerprint density at radius 2 is 2.17 bits per heavy atom. The van der Waals surface area contributed by atoms with Gasteiger partial charge >= 0.3 is 5.97 Å². The molecule has 4 heteroatoms. The van der Waals surface area contributed by atoms with Crippen molar-refractivity contribution >= 4 is 5.97 Å². The molecule has 2 bridgehead atoms. The van der Waals surface area contributed by atoms with Crippen molar-refractivity contribution in [2.24, 2.45) is 5.92 Å². The van der Waals surface area contributed by atoms with Gasteiger partial charge in [0.1, 0.15) is 5.60 Å². The molecule has 0 spiro atoms. The number of carboxylic acids is 1. The molecule has 0 amide bonds. The Bertz CT molecular complexity index is 692. The number of fused-ring (bicyclic) bond motifs is 3. The molecule has 1 atom stereocenters. The second-order valence-electron chi connectivity index (χ2n) is 6.39. The zero-order valence-corrected chi connectivity index (χ0v) is 13.1. The molecule has 4 rings (SSSR count). The maximum absolute atomic E-state index is 11.1. The van der Waals surface area contributed by atoms with Crippen LogP contribution in [0.25, 0.3) is 0 Å². The summed E-state index contributed by atoms with van der Waals surface area (Å²) >= 11 is 0. The summed E-state index contributed by atoms with van der Waals surface area (Å²) in [6, 6.07) is 4.91. The van der Waals surface area contributed by atoms with Gasteiger partial charge in [0.2, 0.25) is 0 Å². The van der Waals surface area contributed by atoms with E-state index >= 15 is 0 Å². The van der Waals surface area contributed by atoms with E-state index < -0.39 is 11.6 Å². The van der Waals surface area contributed by atoms with Crippen molar-refractivity contribution in [3.05, 3.63) is 47.5 Å². The van der Waals surface area contributed by atoms with Gasteiger partial charge in [0.15, 0.2) is 0 Å². The van der Waals surface area contributed by atoms with E-state index in [0.29, 0.717) is 13.0 Å². The molecule has 120 valence electrons. The molecule has 1 aromatic rings. The molecule has 0 aliphatic carbocycles. The fraction of sp³-hybridized carbons (Fsp3) is 0.421. The Hall–Kier alpha value is -2.09. The molecule has 0 radical (unpaired) electrons. The minimum absolute atomic E-state index is 0.237. The maximum Gasteiger partial charge on any atom is 0.335 e. The van der Waals surface area contributed by atoms with Gasteiger partial charge in [0, 0.05) is 18.0 Å². The highest BCUT2D eigenvalue weighted by Crippen LogP contribution is 2.35. The summed E-state index contributed by atoms with van der Waals surface area (Å²) in [5.74, 6) is 5.45. The van der Waals surface area contributed by atoms with Gasteiger partial charge in [-0.15, -0.1) is 6.58 Å². The standard InChI is InChI=1S/C19H21NO3/c1-2-3-15-12-16(18(21)22)5-4-14(15)6-9-19(23)13-20-10-7-17(19)8-11-20/h2,4-5,12,17,23H,1,3,7-8,10-11,13H2,(H,21,22). The van der Waals surface area contributed by atoms with Crippen LogP contribution in [0.5, 0.6) is 0 Å². The number of benzene rings is 1. The second-order valence-corrected chi connectivity index (χ2v) is 6.39. The van der Waals surface area contributed by atoms with Crippen LogP contribution >= 0.6 is 0 Å². The molecular weight excluding hydrogens is 290 g/mol. The predicted octanol–water partition coefficient (Wildman–Crippen LogP) is 1.92. The van der Waals surface area contributed by atoms with Crippen molar-refractivity contribution in [3.8, 4) is 11.8 Å². The van der Waals surface area contributed by atoms with Crippen LogP contribution in [0.3, 0.4) is 0 Å². The first-order valence-corrected chi connectivity index (χ1v) is 7.97. The SMILES string of the molecule is C=CCc1cc(C(=O)O)ccc1C#CC1(O)CN2CCC1CC2. The maximum atomic E-state index is 11.1. The lowest BCUT2D eigenvalue weighted by Gasteiger charge is -2.47. The van der Waals surface area contributed by atoms with Gasteiger partial charge in [-0.2, -0.15) is 0 Å². The number of allylic oxidation sites excluding steroid dienone is 1. The summed E-state index contributed by atoms with van der Waals surface area (Å²) in [6.07, 6.45) is 4.26. The average Bonchev–Trinajstić information content (AvgIpc) is 2.54. The molecule has 3 saturated heterocycles. The van der Waals surface area contributed by atoms with Crippen LogP contribution in [0.4, 0.5) is 0 Å². The van der Waals surface area contributed by atoms with Gasteiger partial charge in [-0.1, -0.05) is 17.9 Å². The van der Waals surface area contributed by atoms with E-state index in [9.17, 15) is 9.90 Å². The second kappa shape index (κ2) is 6.19. The molecule has 23 heavy (non-hydrogen) atoms. The molecular formula is C19H21NO3. The Labute approximate surface area is 136 Å². The number of nitrogens with zero attached hydrogens (tertiary/aromatic N) is 1. The van der Waals surface area contributed by atoms with Crippen molar-refractivity contribution in [2.45, 2.75) is 24.9 Å². The number of carboxylic acid groups (broad SMARTS) is 1. The molecule has 0 saturated carbocycles. The van der Waals surface area contributed by atoms with Crippen LogP contribution in [-0.4, -0.2) is 46.3 Å². The number of aliphatic hydroxyl groups is 1. The smallest absolute Gasteiger partial charge is 0.335 e. The summed E-state index contributed by atoms with van der Waals surface area (Å²) in [5, 5.41) is 20.0. The summed E-state index contributed by atoms with van der Waals surface area (Å²) in [4.78, 5) is 13.4. The van der Waals surface area contributed by atoms with Gasteiger partial charge in [0.25, 0.3) is 0 Å². The van der Waals surface area contributed by atoms with Crippen LogP contribution in [-0.2, 0) is 6.42 Å². The summed E-state index contributed by atoms with van der Waals surface area (Å²) in [5.41, 5.74) is 0.888. The minimum Gasteiger partial charge on any atom is -0.478 e. The van der Waals surface area contributed by atoms with Gasteiger partial charge in [0.05, 0.1) is 5.56 Å². The number of hydrogen-bond donors (Lipinski definition) is 2. The van der Waals surface area contributed by atoms with Crippen molar-refractivity contribution in [3.63, 3.8) is 0 Å². The first-order valence-electron chi connectivity index (χ1n) is 7.97. The number of piperidine rings is 3. The molecule has 3 aliphatic heterocycles. The molecule has 3 heterocycles. The number of aromatic carboxylic acids is 1. The van der Waals surface area contributed by atoms with E-state index in [1.54, 1.807) is 24.3 Å². The van der Waals surface area contributed by atoms with E-state index in [4.69, 9.17) is 5.11 Å². The summed E-state index contributed by atoms with van der Waals surface area (Å²) in [7, 11) is 0. The zero-order valence-electron chi connectivity index (χ0n) is 13.1. The number of hydrogen-bond acceptors (Lipinski definition) is 3. The Morgan fingerprint density at radius 3 is 2.74 bits per heavy atom. The van der Waals surface area contributed by atoms with Crippen LogP contribution < -0.4 is 0 Å². The molecule has 3 fully saturated rings. The lowest BCUT2D eigenvalue weighted by molar-refractivity contribution is -0.0713. The highest BCUT2D eigenvalue weighted by atomic mass is 16.4. The van der Waals surface area contributed by atoms with Crippen molar-refractivity contribution in [2.75, 3.05) is 19.6 Å². The van der Waals surface area contributed by atoms with Crippen molar-refractivity contribution in [1.82, 2.24) is 4.90 Å². The van der Waals surface area contributed by atoms with Crippen LogP contribution in [0.1, 0.15) is 34.3 Å². The first-order chi connectivity index (χ1) is 11.0. The Balaban J connectivity index is 1.91. The highest BCUT2D eigenvalue weighted by molar-refractivity contribution is 5.88. The zero-order chi connectivity index (χ0) is 16.4. The van der Waals surface area contributed by atoms with Gasteiger partial charge in [-0.05, 0) is 56.1 Å². The lowest BCUT2D eigenvalue weighted by atomic mass is 9.75. The van der Waals surface area contributed by atoms with Gasteiger partial charge in [-0.25, -0.2) is 4.79 Å². The van der Waals surface area contributed by atoms with Gasteiger partial charge in [-0.3, -0.25) is 4.90 Å². The molecule has 3 aliphatic rings. The number of carbonyl (C=O) groups is 1. The monoisotopic (exact) mass is 311 g/mol. The van der Waals surface area contributed by atoms with E-state index in [2.05, 4.69) is 23.3 Å². The molecule has 2 N–H and O–H groups in total. The normalized spacial score (nSPS) is 28.7. The van der Waals surface area contributed by atoms with Crippen LogP contribution in [0, 0.1) is 17.8 Å². The third-order valence-electron chi connectivity index (χ3n) is 4.86. The van der Waals surface area contributed by atoms with E-state index in [1.165, 1.54) is 0 Å². The summed E-state index contributed by atoms with van der Waals surface area (Å²) in [6.45, 7) is 6.41. The fourth-order valence-electron chi connectivity index (χ4n) is 3.53. The third-order valence-corrected chi connectivity index (χ3v) is 4.86. The van der Waals surface area contributed by atoms with E-state index in [0.717, 1.165) is 37.1 Å².